The number of carbonyl (C=O) groups excluding carboxylic acids is 1. The lowest BCUT2D eigenvalue weighted by atomic mass is 9.91. The van der Waals surface area contributed by atoms with Crippen molar-refractivity contribution in [2.45, 2.75) is 33.1 Å². The molecule has 2 atom stereocenters. The zero-order valence-electron chi connectivity index (χ0n) is 10.1. The highest BCUT2D eigenvalue weighted by Crippen LogP contribution is 2.30. The maximum atomic E-state index is 11.4. The molecule has 0 heterocycles. The van der Waals surface area contributed by atoms with Crippen molar-refractivity contribution in [3.05, 3.63) is 22.2 Å². The summed E-state index contributed by atoms with van der Waals surface area (Å²) >= 11 is 3.56. The van der Waals surface area contributed by atoms with Crippen LogP contribution in [0.25, 0.3) is 0 Å². The minimum absolute atomic E-state index is 0.0836. The number of hydrogen-bond donors (Lipinski definition) is 0. The van der Waals surface area contributed by atoms with Gasteiger partial charge in [-0.15, -0.1) is 0 Å². The lowest BCUT2D eigenvalue weighted by molar-refractivity contribution is -0.145. The fourth-order valence-electron chi connectivity index (χ4n) is 1.80. The first-order valence-electron chi connectivity index (χ1n) is 5.70. The van der Waals surface area contributed by atoms with Gasteiger partial charge in [0.1, 0.15) is 0 Å². The van der Waals surface area contributed by atoms with E-state index in [9.17, 15) is 4.79 Å². The minimum Gasteiger partial charge on any atom is -0.469 e. The van der Waals surface area contributed by atoms with Crippen molar-refractivity contribution >= 4 is 21.9 Å². The normalized spacial score (nSPS) is 22.5. The maximum absolute atomic E-state index is 11.4. The Bertz CT molecular complexity index is 318. The van der Waals surface area contributed by atoms with Gasteiger partial charge < -0.3 is 4.74 Å². The first-order valence-corrected chi connectivity index (χ1v) is 6.50. The van der Waals surface area contributed by atoms with Crippen LogP contribution in [0.1, 0.15) is 33.1 Å². The highest BCUT2D eigenvalue weighted by Gasteiger charge is 2.20. The summed E-state index contributed by atoms with van der Waals surface area (Å²) in [5.41, 5.74) is 1.31. The van der Waals surface area contributed by atoms with E-state index in [-0.39, 0.29) is 17.8 Å². The monoisotopic (exact) mass is 286 g/mol. The summed E-state index contributed by atoms with van der Waals surface area (Å²) in [6, 6.07) is 0. The van der Waals surface area contributed by atoms with Crippen LogP contribution in [-0.2, 0) is 9.53 Å². The second-order valence-electron chi connectivity index (χ2n) is 4.31. The predicted octanol–water partition coefficient (Wildman–Crippen LogP) is 3.82. The molecule has 0 fully saturated rings. The molecule has 2 nitrogen and oxygen atoms in total. The zero-order chi connectivity index (χ0) is 12.1. The molecule has 0 aliphatic heterocycles. The molecule has 3 heteroatoms. The van der Waals surface area contributed by atoms with Gasteiger partial charge in [0.2, 0.25) is 0 Å². The van der Waals surface area contributed by atoms with Crippen LogP contribution < -0.4 is 0 Å². The molecule has 1 aliphatic rings. The van der Waals surface area contributed by atoms with Gasteiger partial charge in [-0.25, -0.2) is 0 Å². The largest absolute Gasteiger partial charge is 0.469 e. The number of ether oxygens (including phenoxy) is 1. The minimum atomic E-state index is -0.139. The Hall–Kier alpha value is -0.570. The van der Waals surface area contributed by atoms with E-state index in [2.05, 4.69) is 35.0 Å². The average molecular weight is 287 g/mol. The molecule has 0 spiro atoms. The lowest BCUT2D eigenvalue weighted by Gasteiger charge is -2.18. The third-order valence-electron chi connectivity index (χ3n) is 3.11. The second-order valence-corrected chi connectivity index (χ2v) is 5.16. The summed E-state index contributed by atoms with van der Waals surface area (Å²) < 4.78 is 5.94. The van der Waals surface area contributed by atoms with Gasteiger partial charge in [0.05, 0.1) is 13.0 Å². The smallest absolute Gasteiger partial charge is 0.308 e. The number of hydrogen-bond acceptors (Lipinski definition) is 2. The average Bonchev–Trinajstić information content (AvgIpc) is 2.30. The van der Waals surface area contributed by atoms with Gasteiger partial charge in [-0.1, -0.05) is 41.9 Å². The second kappa shape index (κ2) is 6.24. The Labute approximate surface area is 106 Å². The number of allylic oxidation sites excluding steroid dienone is 4. The fraction of sp³-hybridized carbons (Fsp3) is 0.615. The quantitative estimate of drug-likeness (QED) is 0.738. The van der Waals surface area contributed by atoms with Crippen LogP contribution in [-0.4, -0.2) is 13.1 Å². The van der Waals surface area contributed by atoms with Gasteiger partial charge in [-0.05, 0) is 30.8 Å². The van der Waals surface area contributed by atoms with E-state index in [0.29, 0.717) is 0 Å². The topological polar surface area (TPSA) is 26.3 Å². The first-order chi connectivity index (χ1) is 7.56. The summed E-state index contributed by atoms with van der Waals surface area (Å²) in [5.74, 6) is -0.0125. The summed E-state index contributed by atoms with van der Waals surface area (Å²) in [6.07, 6.45) is 7.81. The van der Waals surface area contributed by atoms with Gasteiger partial charge in [-0.3, -0.25) is 4.79 Å². The first kappa shape index (κ1) is 13.5. The van der Waals surface area contributed by atoms with Crippen molar-refractivity contribution in [2.24, 2.45) is 11.8 Å². The third-order valence-corrected chi connectivity index (χ3v) is 3.94. The molecule has 0 unspecified atom stereocenters. The molecule has 1 aliphatic carbocycles. The molecule has 16 heavy (non-hydrogen) atoms. The van der Waals surface area contributed by atoms with Crippen molar-refractivity contribution in [1.29, 1.82) is 0 Å². The summed E-state index contributed by atoms with van der Waals surface area (Å²) in [5, 5.41) is 0. The number of halogens is 1. The Balaban J connectivity index is 2.71. The van der Waals surface area contributed by atoms with Crippen LogP contribution in [0, 0.1) is 11.8 Å². The molecule has 0 aromatic heterocycles. The fourth-order valence-corrected chi connectivity index (χ4v) is 2.36. The van der Waals surface area contributed by atoms with Crippen LogP contribution >= 0.6 is 15.9 Å². The number of carbonyl (C=O) groups is 1. The van der Waals surface area contributed by atoms with E-state index < -0.39 is 0 Å². The maximum Gasteiger partial charge on any atom is 0.308 e. The molecule has 0 aromatic rings. The van der Waals surface area contributed by atoms with Gasteiger partial charge in [0, 0.05) is 4.48 Å². The Morgan fingerprint density at radius 2 is 2.25 bits per heavy atom. The molecule has 0 radical (unpaired) electrons. The Morgan fingerprint density at radius 3 is 2.81 bits per heavy atom. The van der Waals surface area contributed by atoms with Gasteiger partial charge >= 0.3 is 5.97 Å². The molecule has 1 rings (SSSR count). The highest BCUT2D eigenvalue weighted by molar-refractivity contribution is 9.12. The standard InChI is InChI=1S/C13H19BrO2/c1-9(10(2)13(15)16-3)8-11-6-4-5-7-12(11)14/h7-10H,4-6H2,1-3H3/b11-8-/t9-,10-/m0/s1. The number of methoxy groups -OCH3 is 1. The van der Waals surface area contributed by atoms with E-state index in [0.717, 1.165) is 12.8 Å². The molecule has 0 saturated carbocycles. The van der Waals surface area contributed by atoms with Crippen molar-refractivity contribution in [2.75, 3.05) is 7.11 Å². The van der Waals surface area contributed by atoms with Crippen LogP contribution in [0.15, 0.2) is 22.2 Å². The van der Waals surface area contributed by atoms with E-state index >= 15 is 0 Å². The van der Waals surface area contributed by atoms with Crippen LogP contribution in [0.3, 0.4) is 0 Å². The van der Waals surface area contributed by atoms with E-state index in [4.69, 9.17) is 4.74 Å². The Morgan fingerprint density at radius 1 is 1.56 bits per heavy atom. The number of rotatable bonds is 3. The van der Waals surface area contributed by atoms with E-state index in [1.165, 1.54) is 23.6 Å². The zero-order valence-corrected chi connectivity index (χ0v) is 11.7. The van der Waals surface area contributed by atoms with E-state index in [1.54, 1.807) is 0 Å². The van der Waals surface area contributed by atoms with E-state index in [1.807, 2.05) is 6.92 Å². The highest BCUT2D eigenvalue weighted by atomic mass is 79.9. The molecule has 0 aromatic carbocycles. The Kier molecular flexibility index (Phi) is 5.26. The molecule has 0 bridgehead atoms. The molecular formula is C13H19BrO2. The molecular weight excluding hydrogens is 268 g/mol. The van der Waals surface area contributed by atoms with Crippen LogP contribution in [0.4, 0.5) is 0 Å². The van der Waals surface area contributed by atoms with Crippen molar-refractivity contribution in [1.82, 2.24) is 0 Å². The van der Waals surface area contributed by atoms with Crippen molar-refractivity contribution < 1.29 is 9.53 Å². The number of esters is 1. The molecule has 90 valence electrons. The van der Waals surface area contributed by atoms with Gasteiger partial charge in [0.25, 0.3) is 0 Å². The van der Waals surface area contributed by atoms with Crippen molar-refractivity contribution in [3.63, 3.8) is 0 Å². The third kappa shape index (κ3) is 3.48. The van der Waals surface area contributed by atoms with Crippen molar-refractivity contribution in [3.8, 4) is 0 Å². The predicted molar refractivity (Wildman–Crippen MR) is 69.3 cm³/mol. The SMILES string of the molecule is COC(=O)[C@@H](C)[C@@H](C)/C=C1/CCCC=C1Br. The summed E-state index contributed by atoms with van der Waals surface area (Å²) in [6.45, 7) is 3.97. The molecule has 0 amide bonds. The van der Waals surface area contributed by atoms with Crippen LogP contribution in [0.2, 0.25) is 0 Å². The van der Waals surface area contributed by atoms with Gasteiger partial charge in [-0.2, -0.15) is 0 Å². The van der Waals surface area contributed by atoms with Crippen LogP contribution in [0.5, 0.6) is 0 Å². The lowest BCUT2D eigenvalue weighted by Crippen LogP contribution is -2.19. The molecule has 0 saturated heterocycles. The summed E-state index contributed by atoms with van der Waals surface area (Å²) in [7, 11) is 1.44. The molecule has 0 N–H and O–H groups in total. The summed E-state index contributed by atoms with van der Waals surface area (Å²) in [4.78, 5) is 11.4. The van der Waals surface area contributed by atoms with Gasteiger partial charge in [0.15, 0.2) is 0 Å².